The van der Waals surface area contributed by atoms with Gasteiger partial charge in [0.1, 0.15) is 0 Å². The predicted octanol–water partition coefficient (Wildman–Crippen LogP) is 1.73. The van der Waals surface area contributed by atoms with E-state index in [4.69, 9.17) is 4.74 Å². The highest BCUT2D eigenvalue weighted by molar-refractivity contribution is 4.69. The summed E-state index contributed by atoms with van der Waals surface area (Å²) in [5, 5.41) is 3.65. The quantitative estimate of drug-likeness (QED) is 0.672. The van der Waals surface area contributed by atoms with Crippen LogP contribution in [0.1, 0.15) is 33.6 Å². The van der Waals surface area contributed by atoms with E-state index in [0.717, 1.165) is 38.8 Å². The van der Waals surface area contributed by atoms with Crippen molar-refractivity contribution in [1.82, 2.24) is 10.2 Å². The number of rotatable bonds is 7. The lowest BCUT2D eigenvalue weighted by Gasteiger charge is -2.27. The largest absolute Gasteiger partial charge is 0.379 e. The summed E-state index contributed by atoms with van der Waals surface area (Å²) in [4.78, 5) is 2.50. The molecule has 0 aromatic heterocycles. The summed E-state index contributed by atoms with van der Waals surface area (Å²) in [6, 6.07) is 0.685. The molecule has 0 aromatic carbocycles. The average Bonchev–Trinajstić information content (AvgIpc) is 2.30. The number of hydrogen-bond acceptors (Lipinski definition) is 3. The van der Waals surface area contributed by atoms with Crippen LogP contribution in [0.4, 0.5) is 0 Å². The monoisotopic (exact) mass is 228 g/mol. The van der Waals surface area contributed by atoms with Gasteiger partial charge in [-0.25, -0.2) is 0 Å². The Hall–Kier alpha value is -0.120. The molecule has 1 atom stereocenters. The molecule has 0 spiro atoms. The molecule has 3 heteroatoms. The SMILES string of the molecule is CCC(NCCCN1CCOCC1)C(C)C. The third kappa shape index (κ3) is 5.28. The van der Waals surface area contributed by atoms with E-state index in [0.29, 0.717) is 6.04 Å². The van der Waals surface area contributed by atoms with Gasteiger partial charge in [0.15, 0.2) is 0 Å². The lowest BCUT2D eigenvalue weighted by Crippen LogP contribution is -2.39. The Morgan fingerprint density at radius 1 is 1.25 bits per heavy atom. The maximum atomic E-state index is 5.34. The van der Waals surface area contributed by atoms with Gasteiger partial charge in [0.25, 0.3) is 0 Å². The second kappa shape index (κ2) is 8.04. The van der Waals surface area contributed by atoms with Gasteiger partial charge in [-0.05, 0) is 31.8 Å². The molecule has 1 unspecified atom stereocenters. The zero-order valence-electron chi connectivity index (χ0n) is 11.2. The van der Waals surface area contributed by atoms with Gasteiger partial charge in [0, 0.05) is 19.1 Å². The van der Waals surface area contributed by atoms with E-state index in [2.05, 4.69) is 31.0 Å². The van der Waals surface area contributed by atoms with Crippen molar-refractivity contribution in [3.8, 4) is 0 Å². The summed E-state index contributed by atoms with van der Waals surface area (Å²) in [5.74, 6) is 0.744. The van der Waals surface area contributed by atoms with Crippen LogP contribution in [0, 0.1) is 5.92 Å². The zero-order valence-corrected chi connectivity index (χ0v) is 11.2. The molecule has 1 heterocycles. The number of ether oxygens (including phenoxy) is 1. The van der Waals surface area contributed by atoms with E-state index in [1.54, 1.807) is 0 Å². The summed E-state index contributed by atoms with van der Waals surface area (Å²) in [6.45, 7) is 13.3. The molecular formula is C13H28N2O. The van der Waals surface area contributed by atoms with Gasteiger partial charge < -0.3 is 10.1 Å². The van der Waals surface area contributed by atoms with Gasteiger partial charge >= 0.3 is 0 Å². The molecule has 0 radical (unpaired) electrons. The van der Waals surface area contributed by atoms with E-state index in [9.17, 15) is 0 Å². The number of nitrogens with one attached hydrogen (secondary N) is 1. The molecular weight excluding hydrogens is 200 g/mol. The lowest BCUT2D eigenvalue weighted by molar-refractivity contribution is 0.0373. The Bertz CT molecular complexity index is 167. The molecule has 0 saturated carbocycles. The second-order valence-electron chi connectivity index (χ2n) is 5.02. The van der Waals surface area contributed by atoms with Crippen molar-refractivity contribution in [3.63, 3.8) is 0 Å². The highest BCUT2D eigenvalue weighted by Crippen LogP contribution is 2.05. The van der Waals surface area contributed by atoms with Gasteiger partial charge in [-0.1, -0.05) is 20.8 Å². The highest BCUT2D eigenvalue weighted by Gasteiger charge is 2.11. The fourth-order valence-electron chi connectivity index (χ4n) is 2.27. The van der Waals surface area contributed by atoms with E-state index in [1.165, 1.54) is 19.4 Å². The van der Waals surface area contributed by atoms with Gasteiger partial charge in [-0.15, -0.1) is 0 Å². The molecule has 1 aliphatic heterocycles. The Labute approximate surface area is 101 Å². The van der Waals surface area contributed by atoms with Crippen molar-refractivity contribution in [2.75, 3.05) is 39.4 Å². The second-order valence-corrected chi connectivity index (χ2v) is 5.02. The van der Waals surface area contributed by atoms with Crippen LogP contribution in [0.25, 0.3) is 0 Å². The molecule has 0 aromatic rings. The van der Waals surface area contributed by atoms with Gasteiger partial charge in [0.2, 0.25) is 0 Å². The molecule has 96 valence electrons. The van der Waals surface area contributed by atoms with E-state index in [1.807, 2.05) is 0 Å². The van der Waals surface area contributed by atoms with Crippen LogP contribution in [0.3, 0.4) is 0 Å². The molecule has 0 aliphatic carbocycles. The molecule has 1 N–H and O–H groups in total. The Morgan fingerprint density at radius 2 is 1.94 bits per heavy atom. The number of morpholine rings is 1. The van der Waals surface area contributed by atoms with Crippen LogP contribution >= 0.6 is 0 Å². The normalized spacial score (nSPS) is 20.2. The number of hydrogen-bond donors (Lipinski definition) is 1. The molecule has 0 bridgehead atoms. The molecule has 0 amide bonds. The summed E-state index contributed by atoms with van der Waals surface area (Å²) < 4.78 is 5.34. The van der Waals surface area contributed by atoms with Crippen molar-refractivity contribution in [2.24, 2.45) is 5.92 Å². The summed E-state index contributed by atoms with van der Waals surface area (Å²) in [6.07, 6.45) is 2.48. The molecule has 3 nitrogen and oxygen atoms in total. The van der Waals surface area contributed by atoms with Crippen LogP contribution in [-0.2, 0) is 4.74 Å². The third-order valence-corrected chi connectivity index (χ3v) is 3.41. The van der Waals surface area contributed by atoms with Crippen molar-refractivity contribution in [2.45, 2.75) is 39.7 Å². The van der Waals surface area contributed by atoms with Crippen molar-refractivity contribution < 1.29 is 4.74 Å². The zero-order chi connectivity index (χ0) is 11.8. The van der Waals surface area contributed by atoms with Crippen LogP contribution in [0.15, 0.2) is 0 Å². The Balaban J connectivity index is 2.01. The van der Waals surface area contributed by atoms with Gasteiger partial charge in [-0.2, -0.15) is 0 Å². The molecule has 16 heavy (non-hydrogen) atoms. The smallest absolute Gasteiger partial charge is 0.0594 e. The Morgan fingerprint density at radius 3 is 2.50 bits per heavy atom. The summed E-state index contributed by atoms with van der Waals surface area (Å²) >= 11 is 0. The van der Waals surface area contributed by atoms with E-state index in [-0.39, 0.29) is 0 Å². The minimum atomic E-state index is 0.685. The third-order valence-electron chi connectivity index (χ3n) is 3.41. The van der Waals surface area contributed by atoms with Crippen molar-refractivity contribution >= 4 is 0 Å². The molecule has 1 aliphatic rings. The maximum absolute atomic E-state index is 5.34. The summed E-state index contributed by atoms with van der Waals surface area (Å²) in [7, 11) is 0. The predicted molar refractivity (Wildman–Crippen MR) is 68.8 cm³/mol. The minimum Gasteiger partial charge on any atom is -0.379 e. The fraction of sp³-hybridized carbons (Fsp3) is 1.00. The van der Waals surface area contributed by atoms with Gasteiger partial charge in [-0.3, -0.25) is 4.90 Å². The molecule has 1 rings (SSSR count). The maximum Gasteiger partial charge on any atom is 0.0594 e. The molecule has 1 fully saturated rings. The first-order valence-corrected chi connectivity index (χ1v) is 6.77. The minimum absolute atomic E-state index is 0.685. The van der Waals surface area contributed by atoms with E-state index >= 15 is 0 Å². The first-order valence-electron chi connectivity index (χ1n) is 6.77. The lowest BCUT2D eigenvalue weighted by atomic mass is 10.0. The standard InChI is InChI=1S/C13H28N2O/c1-4-13(12(2)3)14-6-5-7-15-8-10-16-11-9-15/h12-14H,4-11H2,1-3H3. The Kier molecular flexibility index (Phi) is 7.01. The van der Waals surface area contributed by atoms with Crippen molar-refractivity contribution in [1.29, 1.82) is 0 Å². The van der Waals surface area contributed by atoms with Crippen LogP contribution < -0.4 is 5.32 Å². The van der Waals surface area contributed by atoms with Crippen LogP contribution in [0.2, 0.25) is 0 Å². The van der Waals surface area contributed by atoms with Crippen LogP contribution in [0.5, 0.6) is 0 Å². The van der Waals surface area contributed by atoms with Gasteiger partial charge in [0.05, 0.1) is 13.2 Å². The fourth-order valence-corrected chi connectivity index (χ4v) is 2.27. The molecule has 1 saturated heterocycles. The average molecular weight is 228 g/mol. The van der Waals surface area contributed by atoms with Crippen LogP contribution in [-0.4, -0.2) is 50.3 Å². The first-order chi connectivity index (χ1) is 7.74. The highest BCUT2D eigenvalue weighted by atomic mass is 16.5. The summed E-state index contributed by atoms with van der Waals surface area (Å²) in [5.41, 5.74) is 0. The number of nitrogens with zero attached hydrogens (tertiary/aromatic N) is 1. The first kappa shape index (κ1) is 13.9. The van der Waals surface area contributed by atoms with E-state index < -0.39 is 0 Å². The van der Waals surface area contributed by atoms with Crippen molar-refractivity contribution in [3.05, 3.63) is 0 Å². The topological polar surface area (TPSA) is 24.5 Å².